The molecule has 0 bridgehead atoms. The summed E-state index contributed by atoms with van der Waals surface area (Å²) in [6, 6.07) is 5.69. The number of aromatic nitrogens is 1. The Labute approximate surface area is 146 Å². The van der Waals surface area contributed by atoms with Crippen molar-refractivity contribution in [2.24, 2.45) is 11.7 Å². The van der Waals surface area contributed by atoms with Crippen molar-refractivity contribution in [1.82, 2.24) is 4.98 Å². The summed E-state index contributed by atoms with van der Waals surface area (Å²) in [4.78, 5) is 18.5. The van der Waals surface area contributed by atoms with Crippen molar-refractivity contribution in [3.63, 3.8) is 0 Å². The van der Waals surface area contributed by atoms with E-state index in [0.29, 0.717) is 25.9 Å². The summed E-state index contributed by atoms with van der Waals surface area (Å²) in [7, 11) is 0. The number of rotatable bonds is 4. The first kappa shape index (κ1) is 17.5. The van der Waals surface area contributed by atoms with E-state index in [4.69, 9.17) is 5.73 Å². The third-order valence-electron chi connectivity index (χ3n) is 4.03. The van der Waals surface area contributed by atoms with Crippen molar-refractivity contribution in [1.29, 1.82) is 0 Å². The lowest BCUT2D eigenvalue weighted by Crippen LogP contribution is -2.38. The van der Waals surface area contributed by atoms with E-state index in [1.165, 1.54) is 23.5 Å². The maximum Gasteiger partial charge on any atom is 0.573 e. The number of benzene rings is 1. The number of carbonyl (C=O) groups excluding carboxylic acids is 1. The van der Waals surface area contributed by atoms with Gasteiger partial charge in [0.2, 0.25) is 5.91 Å². The minimum absolute atomic E-state index is 0.0862. The summed E-state index contributed by atoms with van der Waals surface area (Å²) < 4.78 is 40.4. The molecule has 1 fully saturated rings. The second kappa shape index (κ2) is 6.91. The molecule has 1 aliphatic heterocycles. The molecule has 9 heteroatoms. The summed E-state index contributed by atoms with van der Waals surface area (Å²) in [5.74, 6) is -0.605. The topological polar surface area (TPSA) is 68.5 Å². The minimum Gasteiger partial charge on any atom is -0.406 e. The van der Waals surface area contributed by atoms with Gasteiger partial charge >= 0.3 is 6.36 Å². The molecule has 2 N–H and O–H groups in total. The Balaban J connectivity index is 1.66. The van der Waals surface area contributed by atoms with Crippen LogP contribution in [0.4, 0.5) is 18.3 Å². The third kappa shape index (κ3) is 4.41. The molecule has 0 atom stereocenters. The molecule has 1 amide bonds. The molecule has 134 valence electrons. The fourth-order valence-corrected chi connectivity index (χ4v) is 3.69. The van der Waals surface area contributed by atoms with Gasteiger partial charge in [0.05, 0.1) is 4.88 Å². The fraction of sp³-hybridized carbons (Fsp3) is 0.375. The van der Waals surface area contributed by atoms with Gasteiger partial charge in [0.1, 0.15) is 5.75 Å². The quantitative estimate of drug-likeness (QED) is 0.894. The molecular weight excluding hydrogens is 355 g/mol. The molecular formula is C16H16F3N3O2S. The number of alkyl halides is 3. The van der Waals surface area contributed by atoms with Crippen LogP contribution >= 0.6 is 11.3 Å². The van der Waals surface area contributed by atoms with Gasteiger partial charge in [0.25, 0.3) is 0 Å². The van der Waals surface area contributed by atoms with Gasteiger partial charge in [-0.1, -0.05) is 11.3 Å². The van der Waals surface area contributed by atoms with Crippen molar-refractivity contribution in [3.8, 4) is 16.2 Å². The molecule has 0 unspecified atom stereocenters. The molecule has 0 radical (unpaired) electrons. The van der Waals surface area contributed by atoms with Crippen molar-refractivity contribution < 1.29 is 22.7 Å². The molecule has 3 rings (SSSR count). The SMILES string of the molecule is NC(=O)C1CCN(c2ncc(-c3ccc(OC(F)(F)F)cc3)s2)CC1. The molecule has 0 saturated carbocycles. The van der Waals surface area contributed by atoms with Crippen LogP contribution < -0.4 is 15.4 Å². The van der Waals surface area contributed by atoms with E-state index in [9.17, 15) is 18.0 Å². The highest BCUT2D eigenvalue weighted by Gasteiger charge is 2.31. The lowest BCUT2D eigenvalue weighted by atomic mass is 9.97. The largest absolute Gasteiger partial charge is 0.573 e. The number of hydrogen-bond donors (Lipinski definition) is 1. The highest BCUT2D eigenvalue weighted by Crippen LogP contribution is 2.34. The number of piperidine rings is 1. The zero-order chi connectivity index (χ0) is 18.0. The summed E-state index contributed by atoms with van der Waals surface area (Å²) in [6.07, 6.45) is -1.60. The third-order valence-corrected chi connectivity index (χ3v) is 5.14. The number of nitrogens with zero attached hydrogens (tertiary/aromatic N) is 2. The van der Waals surface area contributed by atoms with Crippen LogP contribution in [0.25, 0.3) is 10.4 Å². The van der Waals surface area contributed by atoms with Crippen LogP contribution in [-0.2, 0) is 4.79 Å². The van der Waals surface area contributed by atoms with Crippen molar-refractivity contribution in [2.75, 3.05) is 18.0 Å². The van der Waals surface area contributed by atoms with Gasteiger partial charge in [0.15, 0.2) is 5.13 Å². The lowest BCUT2D eigenvalue weighted by molar-refractivity contribution is -0.274. The molecule has 1 saturated heterocycles. The summed E-state index contributed by atoms with van der Waals surface area (Å²) in [5.41, 5.74) is 6.10. The second-order valence-electron chi connectivity index (χ2n) is 5.74. The van der Waals surface area contributed by atoms with Gasteiger partial charge in [-0.05, 0) is 42.7 Å². The molecule has 1 aromatic heterocycles. The fourth-order valence-electron chi connectivity index (χ4n) is 2.72. The van der Waals surface area contributed by atoms with Gasteiger partial charge in [-0.25, -0.2) is 4.98 Å². The predicted molar refractivity (Wildman–Crippen MR) is 88.4 cm³/mol. The van der Waals surface area contributed by atoms with Crippen LogP contribution in [0.2, 0.25) is 0 Å². The molecule has 2 aromatic rings. The number of primary amides is 1. The summed E-state index contributed by atoms with van der Waals surface area (Å²) in [6.45, 7) is 1.41. The van der Waals surface area contributed by atoms with Crippen molar-refractivity contribution in [2.45, 2.75) is 19.2 Å². The smallest absolute Gasteiger partial charge is 0.406 e. The van der Waals surface area contributed by atoms with Crippen LogP contribution in [0, 0.1) is 5.92 Å². The molecule has 2 heterocycles. The molecule has 25 heavy (non-hydrogen) atoms. The molecule has 5 nitrogen and oxygen atoms in total. The van der Waals surface area contributed by atoms with E-state index in [2.05, 4.69) is 14.6 Å². The Morgan fingerprint density at radius 3 is 2.44 bits per heavy atom. The van der Waals surface area contributed by atoms with E-state index in [0.717, 1.165) is 15.6 Å². The summed E-state index contributed by atoms with van der Waals surface area (Å²) >= 11 is 1.46. The normalized spacial score (nSPS) is 16.0. The number of halogens is 3. The van der Waals surface area contributed by atoms with Crippen LogP contribution in [0.5, 0.6) is 5.75 Å². The first-order valence-electron chi connectivity index (χ1n) is 7.68. The van der Waals surface area contributed by atoms with Gasteiger partial charge in [-0.3, -0.25) is 4.79 Å². The van der Waals surface area contributed by atoms with E-state index in [1.807, 2.05) is 0 Å². The predicted octanol–water partition coefficient (Wildman–Crippen LogP) is 3.41. The van der Waals surface area contributed by atoms with E-state index in [1.54, 1.807) is 18.3 Å². The number of amides is 1. The van der Waals surface area contributed by atoms with E-state index >= 15 is 0 Å². The standard InChI is InChI=1S/C16H16F3N3O2S/c17-16(18,19)24-12-3-1-10(2-4-12)13-9-21-15(25-13)22-7-5-11(6-8-22)14(20)23/h1-4,9,11H,5-8H2,(H2,20,23). The monoisotopic (exact) mass is 371 g/mol. The Morgan fingerprint density at radius 2 is 1.88 bits per heavy atom. The maximum atomic E-state index is 12.2. The summed E-state index contributed by atoms with van der Waals surface area (Å²) in [5, 5.41) is 0.827. The van der Waals surface area contributed by atoms with Crippen LogP contribution in [0.1, 0.15) is 12.8 Å². The van der Waals surface area contributed by atoms with Crippen LogP contribution in [0.15, 0.2) is 30.5 Å². The van der Waals surface area contributed by atoms with Crippen molar-refractivity contribution >= 4 is 22.4 Å². The number of nitrogens with two attached hydrogens (primary N) is 1. The first-order chi connectivity index (χ1) is 11.8. The van der Waals surface area contributed by atoms with Gasteiger partial charge < -0.3 is 15.4 Å². The Kier molecular flexibility index (Phi) is 4.85. The maximum absolute atomic E-state index is 12.2. The van der Waals surface area contributed by atoms with Gasteiger partial charge in [-0.15, -0.1) is 13.2 Å². The zero-order valence-electron chi connectivity index (χ0n) is 13.1. The number of thiazole rings is 1. The van der Waals surface area contributed by atoms with Gasteiger partial charge in [-0.2, -0.15) is 0 Å². The number of ether oxygens (including phenoxy) is 1. The Hall–Kier alpha value is -2.29. The number of hydrogen-bond acceptors (Lipinski definition) is 5. The Morgan fingerprint density at radius 1 is 1.24 bits per heavy atom. The number of anilines is 1. The minimum atomic E-state index is -4.70. The molecule has 1 aromatic carbocycles. The van der Waals surface area contributed by atoms with E-state index in [-0.39, 0.29) is 17.6 Å². The van der Waals surface area contributed by atoms with Crippen molar-refractivity contribution in [3.05, 3.63) is 30.5 Å². The van der Waals surface area contributed by atoms with Crippen LogP contribution in [-0.4, -0.2) is 30.3 Å². The van der Waals surface area contributed by atoms with Crippen LogP contribution in [0.3, 0.4) is 0 Å². The molecule has 0 spiro atoms. The molecule has 0 aliphatic carbocycles. The zero-order valence-corrected chi connectivity index (χ0v) is 13.9. The lowest BCUT2D eigenvalue weighted by Gasteiger charge is -2.30. The number of carbonyl (C=O) groups is 1. The Bertz CT molecular complexity index is 738. The van der Waals surface area contributed by atoms with Gasteiger partial charge in [0, 0.05) is 25.2 Å². The second-order valence-corrected chi connectivity index (χ2v) is 6.75. The molecule has 1 aliphatic rings. The average Bonchev–Trinajstić information content (AvgIpc) is 3.04. The average molecular weight is 371 g/mol. The highest BCUT2D eigenvalue weighted by atomic mass is 32.1. The van der Waals surface area contributed by atoms with E-state index < -0.39 is 6.36 Å². The highest BCUT2D eigenvalue weighted by molar-refractivity contribution is 7.18. The first-order valence-corrected chi connectivity index (χ1v) is 8.50.